The maximum Gasteiger partial charge on any atom is 0.218 e. The van der Waals surface area contributed by atoms with Crippen molar-refractivity contribution in [1.82, 2.24) is 5.32 Å². The minimum atomic E-state index is -0.228. The Morgan fingerprint density at radius 3 is 2.58 bits per heavy atom. The number of primary amides is 1. The van der Waals surface area contributed by atoms with Crippen molar-refractivity contribution in [2.75, 3.05) is 6.54 Å². The van der Waals surface area contributed by atoms with Crippen LogP contribution >= 0.6 is 0 Å². The van der Waals surface area contributed by atoms with E-state index in [0.717, 1.165) is 5.92 Å². The number of carbonyl (C=O) groups is 1. The first-order valence-corrected chi connectivity index (χ1v) is 4.56. The van der Waals surface area contributed by atoms with Crippen molar-refractivity contribution < 1.29 is 4.79 Å². The van der Waals surface area contributed by atoms with E-state index >= 15 is 0 Å². The quantitative estimate of drug-likeness (QED) is 0.636. The van der Waals surface area contributed by atoms with E-state index in [1.165, 1.54) is 12.8 Å². The van der Waals surface area contributed by atoms with Crippen LogP contribution in [0, 0.1) is 5.92 Å². The first kappa shape index (κ1) is 9.52. The third kappa shape index (κ3) is 2.81. The zero-order valence-corrected chi connectivity index (χ0v) is 7.89. The second-order valence-electron chi connectivity index (χ2n) is 4.14. The molecule has 1 amide bonds. The van der Waals surface area contributed by atoms with Gasteiger partial charge in [-0.1, -0.05) is 0 Å². The Hall–Kier alpha value is -0.570. The Bertz CT molecular complexity index is 173. The fourth-order valence-corrected chi connectivity index (χ4v) is 1.46. The van der Waals surface area contributed by atoms with E-state index in [9.17, 15) is 4.79 Å². The molecule has 0 heterocycles. The van der Waals surface area contributed by atoms with Crippen LogP contribution in [0.1, 0.15) is 33.1 Å². The number of hydrogen-bond donors (Lipinski definition) is 2. The lowest BCUT2D eigenvalue weighted by molar-refractivity contribution is -0.117. The largest absolute Gasteiger partial charge is 0.370 e. The van der Waals surface area contributed by atoms with Crippen LogP contribution in [-0.4, -0.2) is 18.0 Å². The van der Waals surface area contributed by atoms with Crippen LogP contribution in [0.25, 0.3) is 0 Å². The van der Waals surface area contributed by atoms with E-state index in [1.807, 2.05) is 0 Å². The van der Waals surface area contributed by atoms with Gasteiger partial charge in [-0.05, 0) is 32.6 Å². The Labute approximate surface area is 73.7 Å². The van der Waals surface area contributed by atoms with E-state index in [-0.39, 0.29) is 11.4 Å². The summed E-state index contributed by atoms with van der Waals surface area (Å²) in [6.07, 6.45) is 3.07. The molecule has 0 saturated heterocycles. The molecule has 1 fully saturated rings. The van der Waals surface area contributed by atoms with Crippen molar-refractivity contribution in [3.05, 3.63) is 0 Å². The number of amides is 1. The van der Waals surface area contributed by atoms with Gasteiger partial charge < -0.3 is 11.1 Å². The normalized spacial score (nSPS) is 17.8. The molecule has 70 valence electrons. The molecule has 12 heavy (non-hydrogen) atoms. The van der Waals surface area contributed by atoms with E-state index < -0.39 is 0 Å². The SMILES string of the molecule is CC(C)(NCCC(N)=O)C1CC1. The molecule has 3 nitrogen and oxygen atoms in total. The molecular weight excluding hydrogens is 152 g/mol. The van der Waals surface area contributed by atoms with Crippen molar-refractivity contribution in [1.29, 1.82) is 0 Å². The summed E-state index contributed by atoms with van der Waals surface area (Å²) in [6.45, 7) is 5.08. The number of rotatable bonds is 5. The predicted octanol–water partition coefficient (Wildman–Crippen LogP) is 0.640. The number of hydrogen-bond acceptors (Lipinski definition) is 2. The second-order valence-corrected chi connectivity index (χ2v) is 4.14. The van der Waals surface area contributed by atoms with E-state index in [2.05, 4.69) is 19.2 Å². The average Bonchev–Trinajstić information content (AvgIpc) is 2.65. The van der Waals surface area contributed by atoms with E-state index in [0.29, 0.717) is 13.0 Å². The molecular formula is C9H18N2O. The summed E-state index contributed by atoms with van der Waals surface area (Å²) < 4.78 is 0. The summed E-state index contributed by atoms with van der Waals surface area (Å²) >= 11 is 0. The van der Waals surface area contributed by atoms with Crippen molar-refractivity contribution in [3.8, 4) is 0 Å². The lowest BCUT2D eigenvalue weighted by atomic mass is 9.99. The molecule has 1 aliphatic carbocycles. The van der Waals surface area contributed by atoms with Gasteiger partial charge in [0.25, 0.3) is 0 Å². The molecule has 3 N–H and O–H groups in total. The van der Waals surface area contributed by atoms with Crippen LogP contribution in [0.15, 0.2) is 0 Å². The number of carbonyl (C=O) groups excluding carboxylic acids is 1. The summed E-state index contributed by atoms with van der Waals surface area (Å²) in [5, 5.41) is 3.35. The van der Waals surface area contributed by atoms with E-state index in [1.54, 1.807) is 0 Å². The zero-order chi connectivity index (χ0) is 9.19. The summed E-state index contributed by atoms with van der Waals surface area (Å²) in [5.41, 5.74) is 5.22. The van der Waals surface area contributed by atoms with Crippen LogP contribution < -0.4 is 11.1 Å². The van der Waals surface area contributed by atoms with Crippen LogP contribution in [0.5, 0.6) is 0 Å². The van der Waals surface area contributed by atoms with Gasteiger partial charge in [0.15, 0.2) is 0 Å². The molecule has 1 aliphatic rings. The van der Waals surface area contributed by atoms with Crippen LogP contribution in [0.4, 0.5) is 0 Å². The van der Waals surface area contributed by atoms with Gasteiger partial charge in [0.2, 0.25) is 5.91 Å². The third-order valence-corrected chi connectivity index (χ3v) is 2.55. The summed E-state index contributed by atoms with van der Waals surface area (Å²) in [6, 6.07) is 0. The van der Waals surface area contributed by atoms with Gasteiger partial charge in [-0.15, -0.1) is 0 Å². The Morgan fingerprint density at radius 1 is 1.58 bits per heavy atom. The molecule has 0 atom stereocenters. The number of nitrogens with one attached hydrogen (secondary N) is 1. The lowest BCUT2D eigenvalue weighted by Gasteiger charge is -2.25. The summed E-state index contributed by atoms with van der Waals surface area (Å²) in [7, 11) is 0. The fourth-order valence-electron chi connectivity index (χ4n) is 1.46. The van der Waals surface area contributed by atoms with E-state index in [4.69, 9.17) is 5.73 Å². The Morgan fingerprint density at radius 2 is 2.17 bits per heavy atom. The molecule has 0 aromatic heterocycles. The van der Waals surface area contributed by atoms with Gasteiger partial charge in [0, 0.05) is 18.5 Å². The van der Waals surface area contributed by atoms with Gasteiger partial charge in [0.1, 0.15) is 0 Å². The lowest BCUT2D eigenvalue weighted by Crippen LogP contribution is -2.42. The maximum absolute atomic E-state index is 10.5. The van der Waals surface area contributed by atoms with Gasteiger partial charge in [-0.2, -0.15) is 0 Å². The minimum absolute atomic E-state index is 0.190. The number of nitrogens with two attached hydrogens (primary N) is 1. The molecule has 0 aromatic carbocycles. The predicted molar refractivity (Wildman–Crippen MR) is 48.6 cm³/mol. The highest BCUT2D eigenvalue weighted by Gasteiger charge is 2.36. The molecule has 0 spiro atoms. The van der Waals surface area contributed by atoms with Crippen LogP contribution in [0.3, 0.4) is 0 Å². The van der Waals surface area contributed by atoms with Gasteiger partial charge in [0.05, 0.1) is 0 Å². The summed E-state index contributed by atoms with van der Waals surface area (Å²) in [5.74, 6) is 0.569. The average molecular weight is 170 g/mol. The van der Waals surface area contributed by atoms with Gasteiger partial charge >= 0.3 is 0 Å². The van der Waals surface area contributed by atoms with Gasteiger partial charge in [-0.25, -0.2) is 0 Å². The molecule has 0 aliphatic heterocycles. The highest BCUT2D eigenvalue weighted by molar-refractivity contribution is 5.73. The standard InChI is InChI=1S/C9H18N2O/c1-9(2,7-3-4-7)11-6-5-8(10)12/h7,11H,3-6H2,1-2H3,(H2,10,12). The molecule has 1 rings (SSSR count). The van der Waals surface area contributed by atoms with Crippen molar-refractivity contribution in [2.24, 2.45) is 11.7 Å². The second kappa shape index (κ2) is 3.44. The van der Waals surface area contributed by atoms with Gasteiger partial charge in [-0.3, -0.25) is 4.79 Å². The minimum Gasteiger partial charge on any atom is -0.370 e. The molecule has 1 saturated carbocycles. The Kier molecular flexibility index (Phi) is 2.73. The molecule has 0 radical (unpaired) electrons. The topological polar surface area (TPSA) is 55.1 Å². The fraction of sp³-hybridized carbons (Fsp3) is 0.889. The molecule has 0 bridgehead atoms. The first-order chi connectivity index (χ1) is 5.52. The highest BCUT2D eigenvalue weighted by atomic mass is 16.1. The summed E-state index contributed by atoms with van der Waals surface area (Å²) in [4.78, 5) is 10.5. The molecule has 3 heteroatoms. The van der Waals surface area contributed by atoms with Crippen molar-refractivity contribution in [2.45, 2.75) is 38.6 Å². The Balaban J connectivity index is 2.16. The molecule has 0 unspecified atom stereocenters. The van der Waals surface area contributed by atoms with Crippen LogP contribution in [-0.2, 0) is 4.79 Å². The monoisotopic (exact) mass is 170 g/mol. The molecule has 0 aromatic rings. The van der Waals surface area contributed by atoms with Crippen molar-refractivity contribution in [3.63, 3.8) is 0 Å². The van der Waals surface area contributed by atoms with Crippen LogP contribution in [0.2, 0.25) is 0 Å². The first-order valence-electron chi connectivity index (χ1n) is 4.56. The third-order valence-electron chi connectivity index (χ3n) is 2.55. The maximum atomic E-state index is 10.5. The smallest absolute Gasteiger partial charge is 0.218 e. The zero-order valence-electron chi connectivity index (χ0n) is 7.89. The highest BCUT2D eigenvalue weighted by Crippen LogP contribution is 2.38. The van der Waals surface area contributed by atoms with Crippen molar-refractivity contribution >= 4 is 5.91 Å².